The van der Waals surface area contributed by atoms with Gasteiger partial charge in [-0.25, -0.2) is 4.98 Å². The summed E-state index contributed by atoms with van der Waals surface area (Å²) in [6.45, 7) is 3.64. The molecule has 1 aliphatic heterocycles. The predicted molar refractivity (Wildman–Crippen MR) is 83.4 cm³/mol. The summed E-state index contributed by atoms with van der Waals surface area (Å²) >= 11 is 0. The molecule has 1 atom stereocenters. The van der Waals surface area contributed by atoms with E-state index in [9.17, 15) is 9.59 Å². The predicted octanol–water partition coefficient (Wildman–Crippen LogP) is 1.17. The van der Waals surface area contributed by atoms with E-state index < -0.39 is 0 Å². The number of hydrogen-bond donors (Lipinski definition) is 1. The maximum Gasteiger partial charge on any atom is 0.253 e. The SMILES string of the molecule is CCNC(=O)C1CCN(C(=O)c2ccc3c(c2)ncn3C)C1. The molecule has 3 rings (SSSR count). The summed E-state index contributed by atoms with van der Waals surface area (Å²) in [5.41, 5.74) is 2.44. The number of imidazole rings is 1. The number of carbonyl (C=O) groups excluding carboxylic acids is 2. The fourth-order valence-corrected chi connectivity index (χ4v) is 2.93. The van der Waals surface area contributed by atoms with Gasteiger partial charge in [-0.2, -0.15) is 0 Å². The van der Waals surface area contributed by atoms with Crippen LogP contribution in [0.1, 0.15) is 23.7 Å². The molecule has 1 unspecified atom stereocenters. The van der Waals surface area contributed by atoms with Crippen LogP contribution >= 0.6 is 0 Å². The van der Waals surface area contributed by atoms with E-state index in [1.165, 1.54) is 0 Å². The second kappa shape index (κ2) is 5.79. The molecule has 2 aromatic rings. The van der Waals surface area contributed by atoms with Crippen molar-refractivity contribution < 1.29 is 9.59 Å². The number of nitrogens with one attached hydrogen (secondary N) is 1. The first-order chi connectivity index (χ1) is 10.6. The molecule has 1 fully saturated rings. The molecule has 2 amide bonds. The highest BCUT2D eigenvalue weighted by Gasteiger charge is 2.31. The van der Waals surface area contributed by atoms with Gasteiger partial charge < -0.3 is 14.8 Å². The van der Waals surface area contributed by atoms with Gasteiger partial charge >= 0.3 is 0 Å². The van der Waals surface area contributed by atoms with E-state index in [-0.39, 0.29) is 17.7 Å². The van der Waals surface area contributed by atoms with Crippen molar-refractivity contribution in [1.29, 1.82) is 0 Å². The van der Waals surface area contributed by atoms with Gasteiger partial charge in [0.25, 0.3) is 5.91 Å². The number of nitrogens with zero attached hydrogens (tertiary/aromatic N) is 3. The van der Waals surface area contributed by atoms with Crippen LogP contribution in [0.4, 0.5) is 0 Å². The number of hydrogen-bond acceptors (Lipinski definition) is 3. The normalized spacial score (nSPS) is 17.9. The molecule has 6 heteroatoms. The van der Waals surface area contributed by atoms with E-state index in [0.717, 1.165) is 17.5 Å². The Kier molecular flexibility index (Phi) is 3.83. The fourth-order valence-electron chi connectivity index (χ4n) is 2.93. The van der Waals surface area contributed by atoms with E-state index in [1.807, 2.05) is 36.7 Å². The Morgan fingerprint density at radius 1 is 1.41 bits per heavy atom. The standard InChI is InChI=1S/C16H20N4O2/c1-3-17-15(21)12-6-7-20(9-12)16(22)11-4-5-14-13(8-11)18-10-19(14)2/h4-5,8,10,12H,3,6-7,9H2,1-2H3,(H,17,21). The monoisotopic (exact) mass is 300 g/mol. The highest BCUT2D eigenvalue weighted by molar-refractivity contribution is 5.98. The summed E-state index contributed by atoms with van der Waals surface area (Å²) in [5, 5.41) is 2.82. The first-order valence-electron chi connectivity index (χ1n) is 7.58. The Balaban J connectivity index is 1.74. The van der Waals surface area contributed by atoms with Crippen molar-refractivity contribution in [2.75, 3.05) is 19.6 Å². The molecule has 0 bridgehead atoms. The van der Waals surface area contributed by atoms with Gasteiger partial charge in [-0.15, -0.1) is 0 Å². The Bertz CT molecular complexity index is 722. The third-order valence-corrected chi connectivity index (χ3v) is 4.17. The first-order valence-corrected chi connectivity index (χ1v) is 7.58. The molecule has 1 aromatic carbocycles. The van der Waals surface area contributed by atoms with Gasteiger partial charge in [0.05, 0.1) is 23.3 Å². The molecule has 0 aliphatic carbocycles. The summed E-state index contributed by atoms with van der Waals surface area (Å²) in [4.78, 5) is 30.5. The maximum atomic E-state index is 12.6. The molecule has 22 heavy (non-hydrogen) atoms. The van der Waals surface area contributed by atoms with Gasteiger partial charge in [0.2, 0.25) is 5.91 Å². The first kappa shape index (κ1) is 14.6. The molecule has 1 saturated heterocycles. The number of benzene rings is 1. The van der Waals surface area contributed by atoms with E-state index in [4.69, 9.17) is 0 Å². The van der Waals surface area contributed by atoms with Gasteiger partial charge in [0.15, 0.2) is 0 Å². The van der Waals surface area contributed by atoms with Crippen molar-refractivity contribution in [3.63, 3.8) is 0 Å². The molecule has 0 spiro atoms. The Hall–Kier alpha value is -2.37. The molecule has 1 aliphatic rings. The number of carbonyl (C=O) groups is 2. The van der Waals surface area contributed by atoms with Crippen LogP contribution in [0, 0.1) is 5.92 Å². The molecule has 2 heterocycles. The Labute approximate surface area is 129 Å². The lowest BCUT2D eigenvalue weighted by Crippen LogP contribution is -2.34. The van der Waals surface area contributed by atoms with Crippen LogP contribution in [0.3, 0.4) is 0 Å². The minimum absolute atomic E-state index is 0.0284. The van der Waals surface area contributed by atoms with Crippen LogP contribution in [0.25, 0.3) is 11.0 Å². The quantitative estimate of drug-likeness (QED) is 0.925. The minimum atomic E-state index is -0.0949. The third-order valence-electron chi connectivity index (χ3n) is 4.17. The van der Waals surface area contributed by atoms with Crippen molar-refractivity contribution in [3.8, 4) is 0 Å². The minimum Gasteiger partial charge on any atom is -0.356 e. The van der Waals surface area contributed by atoms with Gasteiger partial charge in [0, 0.05) is 32.2 Å². The lowest BCUT2D eigenvalue weighted by atomic mass is 10.1. The maximum absolute atomic E-state index is 12.6. The second-order valence-electron chi connectivity index (χ2n) is 5.69. The Morgan fingerprint density at radius 2 is 2.23 bits per heavy atom. The van der Waals surface area contributed by atoms with E-state index in [1.54, 1.807) is 11.2 Å². The summed E-state index contributed by atoms with van der Waals surface area (Å²) < 4.78 is 1.92. The zero-order chi connectivity index (χ0) is 15.7. The van der Waals surface area contributed by atoms with Gasteiger partial charge in [-0.3, -0.25) is 9.59 Å². The van der Waals surface area contributed by atoms with E-state index >= 15 is 0 Å². The molecular formula is C16H20N4O2. The molecule has 0 saturated carbocycles. The van der Waals surface area contributed by atoms with Crippen LogP contribution in [0.15, 0.2) is 24.5 Å². The van der Waals surface area contributed by atoms with Crippen molar-refractivity contribution in [1.82, 2.24) is 19.8 Å². The molecular weight excluding hydrogens is 280 g/mol. The number of aryl methyl sites for hydroxylation is 1. The van der Waals surface area contributed by atoms with E-state index in [0.29, 0.717) is 25.2 Å². The van der Waals surface area contributed by atoms with Crippen LogP contribution in [-0.4, -0.2) is 45.9 Å². The van der Waals surface area contributed by atoms with Crippen molar-refractivity contribution in [2.45, 2.75) is 13.3 Å². The number of fused-ring (bicyclic) bond motifs is 1. The highest BCUT2D eigenvalue weighted by Crippen LogP contribution is 2.21. The number of amides is 2. The van der Waals surface area contributed by atoms with Crippen LogP contribution in [0.5, 0.6) is 0 Å². The highest BCUT2D eigenvalue weighted by atomic mass is 16.2. The summed E-state index contributed by atoms with van der Waals surface area (Å²) in [5.74, 6) is -0.0835. The lowest BCUT2D eigenvalue weighted by Gasteiger charge is -2.16. The molecule has 0 radical (unpaired) electrons. The van der Waals surface area contributed by atoms with Gasteiger partial charge in [0.1, 0.15) is 0 Å². The largest absolute Gasteiger partial charge is 0.356 e. The van der Waals surface area contributed by atoms with E-state index in [2.05, 4.69) is 10.3 Å². The zero-order valence-corrected chi connectivity index (χ0v) is 12.9. The van der Waals surface area contributed by atoms with Crippen molar-refractivity contribution >= 4 is 22.8 Å². The summed E-state index contributed by atoms with van der Waals surface area (Å²) in [6, 6.07) is 5.55. The third kappa shape index (κ3) is 2.56. The number of aromatic nitrogens is 2. The topological polar surface area (TPSA) is 67.2 Å². The summed E-state index contributed by atoms with van der Waals surface area (Å²) in [6.07, 6.45) is 2.46. The van der Waals surface area contributed by atoms with Crippen molar-refractivity contribution in [3.05, 3.63) is 30.1 Å². The van der Waals surface area contributed by atoms with Crippen LogP contribution in [0.2, 0.25) is 0 Å². The Morgan fingerprint density at radius 3 is 3.00 bits per heavy atom. The average molecular weight is 300 g/mol. The number of likely N-dealkylation sites (tertiary alicyclic amines) is 1. The molecule has 6 nitrogen and oxygen atoms in total. The van der Waals surface area contributed by atoms with Gasteiger partial charge in [-0.05, 0) is 31.5 Å². The molecule has 116 valence electrons. The van der Waals surface area contributed by atoms with Crippen molar-refractivity contribution in [2.24, 2.45) is 13.0 Å². The summed E-state index contributed by atoms with van der Waals surface area (Å²) in [7, 11) is 1.92. The molecule has 1 N–H and O–H groups in total. The van der Waals surface area contributed by atoms with Crippen LogP contribution in [-0.2, 0) is 11.8 Å². The smallest absolute Gasteiger partial charge is 0.253 e. The van der Waals surface area contributed by atoms with Crippen LogP contribution < -0.4 is 5.32 Å². The number of rotatable bonds is 3. The average Bonchev–Trinajstić information content (AvgIpc) is 3.14. The lowest BCUT2D eigenvalue weighted by molar-refractivity contribution is -0.124. The van der Waals surface area contributed by atoms with Gasteiger partial charge in [-0.1, -0.05) is 0 Å². The second-order valence-corrected chi connectivity index (χ2v) is 5.69. The fraction of sp³-hybridized carbons (Fsp3) is 0.438. The zero-order valence-electron chi connectivity index (χ0n) is 12.9. The molecule has 1 aromatic heterocycles.